The van der Waals surface area contributed by atoms with Crippen LogP contribution >= 0.6 is 0 Å². The predicted molar refractivity (Wildman–Crippen MR) is 71.6 cm³/mol. The van der Waals surface area contributed by atoms with E-state index in [4.69, 9.17) is 0 Å². The summed E-state index contributed by atoms with van der Waals surface area (Å²) in [5.74, 6) is 0.445. The smallest absolute Gasteiger partial charge is 0.263 e. The average Bonchev–Trinajstić information content (AvgIpc) is 2.74. The topological polar surface area (TPSA) is 75.6 Å². The largest absolute Gasteiger partial charge is 0.355 e. The van der Waals surface area contributed by atoms with Gasteiger partial charge in [0.05, 0.1) is 12.7 Å². The number of anilines is 1. The molecule has 0 fully saturated rings. The average molecular weight is 245 g/mol. The third kappa shape index (κ3) is 2.32. The number of allylic oxidation sites excluding steroid dienone is 1. The van der Waals surface area contributed by atoms with Gasteiger partial charge in [-0.1, -0.05) is 12.2 Å². The molecule has 0 bridgehead atoms. The number of hydrogen-bond donors (Lipinski definition) is 2. The molecule has 2 rings (SSSR count). The Labute approximate surface area is 104 Å². The maximum absolute atomic E-state index is 11.8. The van der Waals surface area contributed by atoms with Gasteiger partial charge in [-0.05, 0) is 6.42 Å². The summed E-state index contributed by atoms with van der Waals surface area (Å²) in [4.78, 5) is 18.8. The standard InChI is InChI=1S/C12H15N5O/c1-3-5-6-13-12-15-10-9(11(18)16-12)8-14-17(10)7-4-2/h3-4,8H,1-2,5-7H2,(H2,13,15,16,18). The fourth-order valence-corrected chi connectivity index (χ4v) is 1.60. The fraction of sp³-hybridized carbons (Fsp3) is 0.250. The molecule has 18 heavy (non-hydrogen) atoms. The Morgan fingerprint density at radius 1 is 1.44 bits per heavy atom. The highest BCUT2D eigenvalue weighted by atomic mass is 16.1. The van der Waals surface area contributed by atoms with Crippen LogP contribution in [0.5, 0.6) is 0 Å². The SMILES string of the molecule is C=CCCNc1nc2c(cnn2CC=C)c(=O)[nH]1. The number of nitrogens with one attached hydrogen (secondary N) is 2. The molecule has 0 saturated carbocycles. The molecule has 0 amide bonds. The van der Waals surface area contributed by atoms with Crippen molar-refractivity contribution in [2.75, 3.05) is 11.9 Å². The molecule has 0 spiro atoms. The van der Waals surface area contributed by atoms with Gasteiger partial charge in [-0.25, -0.2) is 4.68 Å². The second kappa shape index (κ2) is 5.31. The van der Waals surface area contributed by atoms with E-state index in [1.807, 2.05) is 0 Å². The Bertz CT molecular complexity index is 625. The minimum Gasteiger partial charge on any atom is -0.355 e. The molecule has 0 atom stereocenters. The van der Waals surface area contributed by atoms with Gasteiger partial charge in [-0.15, -0.1) is 13.2 Å². The number of H-pyrrole nitrogens is 1. The third-order valence-corrected chi connectivity index (χ3v) is 2.45. The van der Waals surface area contributed by atoms with E-state index < -0.39 is 0 Å². The highest BCUT2D eigenvalue weighted by Gasteiger charge is 2.08. The number of nitrogens with zero attached hydrogens (tertiary/aromatic N) is 3. The van der Waals surface area contributed by atoms with Crippen LogP contribution in [0.1, 0.15) is 6.42 Å². The lowest BCUT2D eigenvalue weighted by molar-refractivity contribution is 0.720. The van der Waals surface area contributed by atoms with Gasteiger partial charge < -0.3 is 5.32 Å². The van der Waals surface area contributed by atoms with Gasteiger partial charge in [0.1, 0.15) is 5.39 Å². The van der Waals surface area contributed by atoms with Crippen molar-refractivity contribution >= 4 is 17.0 Å². The van der Waals surface area contributed by atoms with Crippen LogP contribution in [-0.2, 0) is 6.54 Å². The monoisotopic (exact) mass is 245 g/mol. The van der Waals surface area contributed by atoms with E-state index in [9.17, 15) is 4.79 Å². The molecule has 2 aromatic heterocycles. The molecule has 0 aliphatic rings. The first-order chi connectivity index (χ1) is 8.76. The number of aromatic nitrogens is 4. The van der Waals surface area contributed by atoms with Gasteiger partial charge in [0.15, 0.2) is 5.65 Å². The summed E-state index contributed by atoms with van der Waals surface area (Å²) in [5, 5.41) is 7.61. The second-order valence-electron chi connectivity index (χ2n) is 3.77. The van der Waals surface area contributed by atoms with E-state index in [0.29, 0.717) is 30.1 Å². The van der Waals surface area contributed by atoms with Crippen LogP contribution in [0.2, 0.25) is 0 Å². The third-order valence-electron chi connectivity index (χ3n) is 2.45. The van der Waals surface area contributed by atoms with Gasteiger partial charge in [0, 0.05) is 6.54 Å². The quantitative estimate of drug-likeness (QED) is 0.594. The summed E-state index contributed by atoms with van der Waals surface area (Å²) in [6.07, 6.45) is 5.82. The van der Waals surface area contributed by atoms with Crippen molar-refractivity contribution < 1.29 is 0 Å². The Morgan fingerprint density at radius 3 is 3.00 bits per heavy atom. The molecule has 0 radical (unpaired) electrons. The van der Waals surface area contributed by atoms with Gasteiger partial charge in [0.2, 0.25) is 5.95 Å². The zero-order valence-corrected chi connectivity index (χ0v) is 10.0. The van der Waals surface area contributed by atoms with Crippen LogP contribution in [0.25, 0.3) is 11.0 Å². The molecule has 0 aromatic carbocycles. The molecule has 2 aromatic rings. The lowest BCUT2D eigenvalue weighted by Gasteiger charge is -2.04. The molecule has 6 heteroatoms. The Balaban J connectivity index is 2.38. The highest BCUT2D eigenvalue weighted by Crippen LogP contribution is 2.08. The minimum absolute atomic E-state index is 0.198. The summed E-state index contributed by atoms with van der Waals surface area (Å²) >= 11 is 0. The van der Waals surface area contributed by atoms with Crippen molar-refractivity contribution in [3.05, 3.63) is 41.9 Å². The maximum atomic E-state index is 11.8. The molecule has 0 aliphatic heterocycles. The van der Waals surface area contributed by atoms with Gasteiger partial charge in [-0.2, -0.15) is 10.1 Å². The van der Waals surface area contributed by atoms with Crippen LogP contribution in [0, 0.1) is 0 Å². The van der Waals surface area contributed by atoms with Crippen molar-refractivity contribution in [1.82, 2.24) is 19.7 Å². The lowest BCUT2D eigenvalue weighted by atomic mass is 10.4. The van der Waals surface area contributed by atoms with Crippen molar-refractivity contribution in [3.63, 3.8) is 0 Å². The Hall–Kier alpha value is -2.37. The molecule has 0 saturated heterocycles. The molecule has 6 nitrogen and oxygen atoms in total. The number of fused-ring (bicyclic) bond motifs is 1. The Morgan fingerprint density at radius 2 is 2.28 bits per heavy atom. The zero-order valence-electron chi connectivity index (χ0n) is 10.0. The predicted octanol–water partition coefficient (Wildman–Crippen LogP) is 1.29. The van der Waals surface area contributed by atoms with Crippen LogP contribution < -0.4 is 10.9 Å². The highest BCUT2D eigenvalue weighted by molar-refractivity contribution is 5.74. The second-order valence-corrected chi connectivity index (χ2v) is 3.77. The normalized spacial score (nSPS) is 10.4. The van der Waals surface area contributed by atoms with Gasteiger partial charge in [-0.3, -0.25) is 9.78 Å². The summed E-state index contributed by atoms with van der Waals surface area (Å²) < 4.78 is 1.64. The van der Waals surface area contributed by atoms with Crippen molar-refractivity contribution in [3.8, 4) is 0 Å². The molecule has 94 valence electrons. The van der Waals surface area contributed by atoms with E-state index in [1.54, 1.807) is 16.8 Å². The van der Waals surface area contributed by atoms with Crippen LogP contribution in [-0.4, -0.2) is 26.3 Å². The number of rotatable bonds is 6. The van der Waals surface area contributed by atoms with E-state index in [2.05, 4.69) is 33.5 Å². The number of hydrogen-bond acceptors (Lipinski definition) is 4. The molecule has 2 heterocycles. The van der Waals surface area contributed by atoms with Gasteiger partial charge >= 0.3 is 0 Å². The molecule has 2 N–H and O–H groups in total. The van der Waals surface area contributed by atoms with Crippen LogP contribution in [0.3, 0.4) is 0 Å². The summed E-state index contributed by atoms with van der Waals surface area (Å²) in [6.45, 7) is 8.47. The first-order valence-corrected chi connectivity index (χ1v) is 5.67. The molecular formula is C12H15N5O. The number of aromatic amines is 1. The first kappa shape index (κ1) is 12.1. The van der Waals surface area contributed by atoms with Crippen molar-refractivity contribution in [2.45, 2.75) is 13.0 Å². The van der Waals surface area contributed by atoms with E-state index in [1.165, 1.54) is 6.20 Å². The van der Waals surface area contributed by atoms with E-state index in [0.717, 1.165) is 6.42 Å². The molecule has 0 unspecified atom stereocenters. The van der Waals surface area contributed by atoms with E-state index in [-0.39, 0.29) is 5.56 Å². The van der Waals surface area contributed by atoms with Crippen molar-refractivity contribution in [1.29, 1.82) is 0 Å². The van der Waals surface area contributed by atoms with E-state index >= 15 is 0 Å². The van der Waals surface area contributed by atoms with Crippen molar-refractivity contribution in [2.24, 2.45) is 0 Å². The van der Waals surface area contributed by atoms with Crippen LogP contribution in [0.4, 0.5) is 5.95 Å². The van der Waals surface area contributed by atoms with Crippen LogP contribution in [0.15, 0.2) is 36.3 Å². The summed E-state index contributed by atoms with van der Waals surface area (Å²) in [6, 6.07) is 0. The fourth-order valence-electron chi connectivity index (χ4n) is 1.60. The first-order valence-electron chi connectivity index (χ1n) is 5.67. The lowest BCUT2D eigenvalue weighted by Crippen LogP contribution is -2.14. The Kier molecular flexibility index (Phi) is 3.57. The zero-order chi connectivity index (χ0) is 13.0. The van der Waals surface area contributed by atoms with Gasteiger partial charge in [0.25, 0.3) is 5.56 Å². The molecule has 0 aliphatic carbocycles. The maximum Gasteiger partial charge on any atom is 0.263 e. The molecular weight excluding hydrogens is 230 g/mol. The summed E-state index contributed by atoms with van der Waals surface area (Å²) in [7, 11) is 0. The minimum atomic E-state index is -0.198. The summed E-state index contributed by atoms with van der Waals surface area (Å²) in [5.41, 5.74) is 0.358.